The van der Waals surface area contributed by atoms with E-state index in [1.807, 2.05) is 19.1 Å². The first-order valence-electron chi connectivity index (χ1n) is 8.17. The van der Waals surface area contributed by atoms with Crippen LogP contribution < -0.4 is 0 Å². The van der Waals surface area contributed by atoms with E-state index in [0.717, 1.165) is 44.2 Å². The third-order valence-electron chi connectivity index (χ3n) is 3.18. The van der Waals surface area contributed by atoms with Crippen LogP contribution in [0.25, 0.3) is 0 Å². The highest BCUT2D eigenvalue weighted by Gasteiger charge is 2.09. The Balaban J connectivity index is 2.05. The van der Waals surface area contributed by atoms with Crippen LogP contribution in [0.2, 0.25) is 0 Å². The van der Waals surface area contributed by atoms with Crippen molar-refractivity contribution in [2.45, 2.75) is 51.9 Å². The number of esters is 1. The Morgan fingerprint density at radius 3 is 2.64 bits per heavy atom. The summed E-state index contributed by atoms with van der Waals surface area (Å²) in [5.74, 6) is -0.196. The van der Waals surface area contributed by atoms with E-state index in [9.17, 15) is 4.79 Å². The van der Waals surface area contributed by atoms with Crippen molar-refractivity contribution < 1.29 is 14.3 Å². The lowest BCUT2D eigenvalue weighted by Crippen LogP contribution is -2.03. The number of alkyl halides is 1. The third-order valence-corrected chi connectivity index (χ3v) is 4.87. The Morgan fingerprint density at radius 1 is 1.09 bits per heavy atom. The summed E-state index contributed by atoms with van der Waals surface area (Å²) in [6.45, 7) is 4.15. The van der Waals surface area contributed by atoms with Gasteiger partial charge in [-0.05, 0) is 44.2 Å². The van der Waals surface area contributed by atoms with Gasteiger partial charge in [-0.1, -0.05) is 35.7 Å². The van der Waals surface area contributed by atoms with Crippen LogP contribution in [0.15, 0.2) is 12.1 Å². The molecule has 0 saturated heterocycles. The van der Waals surface area contributed by atoms with Gasteiger partial charge in [-0.2, -0.15) is 0 Å². The molecule has 0 aliphatic carbocycles. The summed E-state index contributed by atoms with van der Waals surface area (Å²) in [4.78, 5) is 13.6. The fourth-order valence-electron chi connectivity index (χ4n) is 1.99. The van der Waals surface area contributed by atoms with E-state index in [0.29, 0.717) is 11.5 Å². The number of aryl methyl sites for hydroxylation is 1. The number of halogens is 1. The van der Waals surface area contributed by atoms with Gasteiger partial charge in [0, 0.05) is 23.4 Å². The SMILES string of the molecule is CCCOC(=O)c1ccc(CCCOCCCCCCBr)s1. The van der Waals surface area contributed by atoms with Crippen LogP contribution in [0.5, 0.6) is 0 Å². The molecule has 22 heavy (non-hydrogen) atoms. The quantitative estimate of drug-likeness (QED) is 0.263. The average Bonchev–Trinajstić information content (AvgIpc) is 3.00. The monoisotopic (exact) mass is 390 g/mol. The van der Waals surface area contributed by atoms with E-state index >= 15 is 0 Å². The van der Waals surface area contributed by atoms with Crippen molar-refractivity contribution in [1.29, 1.82) is 0 Å². The zero-order chi connectivity index (χ0) is 16.0. The van der Waals surface area contributed by atoms with Crippen molar-refractivity contribution in [2.24, 2.45) is 0 Å². The van der Waals surface area contributed by atoms with Gasteiger partial charge in [0.1, 0.15) is 4.88 Å². The van der Waals surface area contributed by atoms with Gasteiger partial charge in [0.2, 0.25) is 0 Å². The molecule has 0 bridgehead atoms. The van der Waals surface area contributed by atoms with Gasteiger partial charge in [-0.25, -0.2) is 4.79 Å². The fourth-order valence-corrected chi connectivity index (χ4v) is 3.33. The van der Waals surface area contributed by atoms with Crippen molar-refractivity contribution in [2.75, 3.05) is 25.2 Å². The van der Waals surface area contributed by atoms with Crippen molar-refractivity contribution in [3.05, 3.63) is 21.9 Å². The van der Waals surface area contributed by atoms with Crippen LogP contribution in [-0.4, -0.2) is 31.1 Å². The molecule has 0 spiro atoms. The standard InChI is InChI=1S/C17H27BrO3S/c1-2-12-21-17(19)16-10-9-15(22-16)8-7-14-20-13-6-4-3-5-11-18/h9-10H,2-8,11-14H2,1H3. The molecule has 0 amide bonds. The number of carbonyl (C=O) groups excluding carboxylic acids is 1. The second kappa shape index (κ2) is 13.1. The summed E-state index contributed by atoms with van der Waals surface area (Å²) in [6.07, 6.45) is 7.76. The lowest BCUT2D eigenvalue weighted by Gasteiger charge is -2.03. The number of thiophene rings is 1. The van der Waals surface area contributed by atoms with Crippen LogP contribution in [0.4, 0.5) is 0 Å². The maximum absolute atomic E-state index is 11.7. The molecule has 1 aromatic heterocycles. The summed E-state index contributed by atoms with van der Waals surface area (Å²) >= 11 is 4.97. The van der Waals surface area contributed by atoms with Crippen molar-refractivity contribution in [3.63, 3.8) is 0 Å². The lowest BCUT2D eigenvalue weighted by atomic mass is 10.2. The van der Waals surface area contributed by atoms with E-state index in [2.05, 4.69) is 15.9 Å². The zero-order valence-electron chi connectivity index (χ0n) is 13.4. The molecule has 0 unspecified atom stereocenters. The number of hydrogen-bond donors (Lipinski definition) is 0. The van der Waals surface area contributed by atoms with E-state index < -0.39 is 0 Å². The van der Waals surface area contributed by atoms with Crippen molar-refractivity contribution in [1.82, 2.24) is 0 Å². The average molecular weight is 391 g/mol. The first-order chi connectivity index (χ1) is 10.8. The second-order valence-corrected chi connectivity index (χ2v) is 7.18. The molecule has 0 aliphatic rings. The zero-order valence-corrected chi connectivity index (χ0v) is 15.8. The van der Waals surface area contributed by atoms with Gasteiger partial charge in [-0.15, -0.1) is 11.3 Å². The molecule has 0 aromatic carbocycles. The van der Waals surface area contributed by atoms with Crippen LogP contribution in [0, 0.1) is 0 Å². The Morgan fingerprint density at radius 2 is 1.86 bits per heavy atom. The normalized spacial score (nSPS) is 10.8. The van der Waals surface area contributed by atoms with Crippen molar-refractivity contribution >= 4 is 33.2 Å². The van der Waals surface area contributed by atoms with E-state index in [-0.39, 0.29) is 5.97 Å². The van der Waals surface area contributed by atoms with Gasteiger partial charge in [0.25, 0.3) is 0 Å². The van der Waals surface area contributed by atoms with Gasteiger partial charge in [-0.3, -0.25) is 0 Å². The minimum atomic E-state index is -0.196. The second-order valence-electron chi connectivity index (χ2n) is 5.22. The number of rotatable bonds is 13. The van der Waals surface area contributed by atoms with Crippen LogP contribution in [-0.2, 0) is 15.9 Å². The molecule has 0 saturated carbocycles. The number of unbranched alkanes of at least 4 members (excludes halogenated alkanes) is 3. The van der Waals surface area contributed by atoms with Crippen LogP contribution in [0.1, 0.15) is 60.0 Å². The summed E-state index contributed by atoms with van der Waals surface area (Å²) in [7, 11) is 0. The number of carbonyl (C=O) groups is 1. The Bertz CT molecular complexity index is 406. The molecular formula is C17H27BrO3S. The molecule has 1 heterocycles. The van der Waals surface area contributed by atoms with Crippen LogP contribution in [0.3, 0.4) is 0 Å². The molecule has 3 nitrogen and oxygen atoms in total. The summed E-state index contributed by atoms with van der Waals surface area (Å²) < 4.78 is 10.8. The fraction of sp³-hybridized carbons (Fsp3) is 0.706. The minimum Gasteiger partial charge on any atom is -0.462 e. The van der Waals surface area contributed by atoms with Crippen molar-refractivity contribution in [3.8, 4) is 0 Å². The predicted molar refractivity (Wildman–Crippen MR) is 96.3 cm³/mol. The maximum atomic E-state index is 11.7. The molecule has 126 valence electrons. The minimum absolute atomic E-state index is 0.196. The van der Waals surface area contributed by atoms with E-state index in [4.69, 9.17) is 9.47 Å². The molecule has 0 radical (unpaired) electrons. The summed E-state index contributed by atoms with van der Waals surface area (Å²) in [5, 5.41) is 1.10. The molecule has 0 atom stereocenters. The summed E-state index contributed by atoms with van der Waals surface area (Å²) in [5.41, 5.74) is 0. The number of hydrogen-bond acceptors (Lipinski definition) is 4. The highest BCUT2D eigenvalue weighted by atomic mass is 79.9. The van der Waals surface area contributed by atoms with Gasteiger partial charge < -0.3 is 9.47 Å². The molecule has 0 N–H and O–H groups in total. The largest absolute Gasteiger partial charge is 0.462 e. The summed E-state index contributed by atoms with van der Waals surface area (Å²) in [6, 6.07) is 3.89. The van der Waals surface area contributed by atoms with E-state index in [1.54, 1.807) is 0 Å². The van der Waals surface area contributed by atoms with Gasteiger partial charge >= 0.3 is 5.97 Å². The molecule has 5 heteroatoms. The smallest absolute Gasteiger partial charge is 0.348 e. The lowest BCUT2D eigenvalue weighted by molar-refractivity contribution is 0.0511. The molecule has 0 aliphatic heterocycles. The van der Waals surface area contributed by atoms with Gasteiger partial charge in [0.15, 0.2) is 0 Å². The highest BCUT2D eigenvalue weighted by molar-refractivity contribution is 9.09. The molecule has 0 fully saturated rings. The molecule has 1 rings (SSSR count). The first kappa shape index (κ1) is 19.7. The Kier molecular flexibility index (Phi) is 11.7. The first-order valence-corrected chi connectivity index (χ1v) is 10.1. The number of ether oxygens (including phenoxy) is 2. The van der Waals surface area contributed by atoms with Crippen LogP contribution >= 0.6 is 27.3 Å². The Labute approximate surface area is 146 Å². The highest BCUT2D eigenvalue weighted by Crippen LogP contribution is 2.19. The van der Waals surface area contributed by atoms with Gasteiger partial charge in [0.05, 0.1) is 6.61 Å². The Hall–Kier alpha value is -0.390. The molecule has 1 aromatic rings. The van der Waals surface area contributed by atoms with E-state index in [1.165, 1.54) is 35.5 Å². The molecular weight excluding hydrogens is 364 g/mol. The predicted octanol–water partition coefficient (Wildman–Crippen LogP) is 5.22. The topological polar surface area (TPSA) is 35.5 Å². The third kappa shape index (κ3) is 8.91. The maximum Gasteiger partial charge on any atom is 0.348 e.